The van der Waals surface area contributed by atoms with Gasteiger partial charge in [-0.25, -0.2) is 4.79 Å². The highest BCUT2D eigenvalue weighted by Crippen LogP contribution is 2.30. The molecule has 12 heteroatoms. The van der Waals surface area contributed by atoms with Crippen LogP contribution in [-0.4, -0.2) is 85.3 Å². The van der Waals surface area contributed by atoms with Gasteiger partial charge in [-0.2, -0.15) is 0 Å². The van der Waals surface area contributed by atoms with Crippen LogP contribution in [0.5, 0.6) is 34.5 Å². The number of ether oxygens (including phenoxy) is 11. The van der Waals surface area contributed by atoms with Crippen LogP contribution < -0.4 is 28.4 Å². The van der Waals surface area contributed by atoms with Crippen molar-refractivity contribution in [3.05, 3.63) is 144 Å². The maximum Gasteiger partial charge on any atom is 0.338 e. The smallest absolute Gasteiger partial charge is 0.338 e. The summed E-state index contributed by atoms with van der Waals surface area (Å²) in [5, 5.41) is 0. The van der Waals surface area contributed by atoms with Gasteiger partial charge in [-0.1, -0.05) is 72.8 Å². The summed E-state index contributed by atoms with van der Waals surface area (Å²) in [7, 11) is 0. The Bertz CT molecular complexity index is 1880. The third-order valence-corrected chi connectivity index (χ3v) is 8.52. The van der Waals surface area contributed by atoms with E-state index in [4.69, 9.17) is 52.1 Å². The van der Waals surface area contributed by atoms with E-state index in [1.165, 1.54) is 0 Å². The molecule has 58 heavy (non-hydrogen) atoms. The molecule has 0 saturated heterocycles. The fourth-order valence-electron chi connectivity index (χ4n) is 5.64. The van der Waals surface area contributed by atoms with Gasteiger partial charge in [0.05, 0.1) is 58.4 Å². The van der Waals surface area contributed by atoms with Crippen molar-refractivity contribution in [3.63, 3.8) is 0 Å². The van der Waals surface area contributed by atoms with E-state index in [0.717, 1.165) is 11.1 Å². The molecule has 0 aromatic heterocycles. The Morgan fingerprint density at radius 2 is 0.810 bits per heavy atom. The van der Waals surface area contributed by atoms with Crippen molar-refractivity contribution in [1.82, 2.24) is 0 Å². The molecule has 0 bridgehead atoms. The van der Waals surface area contributed by atoms with Crippen molar-refractivity contribution in [2.45, 2.75) is 19.8 Å². The van der Waals surface area contributed by atoms with Gasteiger partial charge >= 0.3 is 5.97 Å². The molecule has 306 valence electrons. The number of hydrogen-bond acceptors (Lipinski definition) is 12. The predicted octanol–water partition coefficient (Wildman–Crippen LogP) is 7.50. The lowest BCUT2D eigenvalue weighted by atomic mass is 10.2. The summed E-state index contributed by atoms with van der Waals surface area (Å²) in [5.41, 5.74) is 3.06. The lowest BCUT2D eigenvalue weighted by Gasteiger charge is -2.15. The minimum Gasteiger partial charge on any atom is -0.489 e. The molecule has 0 radical (unpaired) electrons. The average Bonchev–Trinajstić information content (AvgIpc) is 3.26. The van der Waals surface area contributed by atoms with E-state index in [0.29, 0.717) is 125 Å². The van der Waals surface area contributed by atoms with Crippen LogP contribution in [0.25, 0.3) is 0 Å². The molecule has 0 aliphatic carbocycles. The minimum atomic E-state index is -0.534. The minimum absolute atomic E-state index is 0.0130. The summed E-state index contributed by atoms with van der Waals surface area (Å²) in [5.74, 6) is 2.77. The van der Waals surface area contributed by atoms with Crippen molar-refractivity contribution in [3.8, 4) is 34.5 Å². The summed E-state index contributed by atoms with van der Waals surface area (Å²) in [6.07, 6.45) is 0. The van der Waals surface area contributed by atoms with Crippen LogP contribution in [0.15, 0.2) is 121 Å². The van der Waals surface area contributed by atoms with E-state index in [1.807, 2.05) is 103 Å². The van der Waals surface area contributed by atoms with E-state index in [1.54, 1.807) is 18.2 Å². The molecule has 0 saturated carbocycles. The average molecular weight is 795 g/mol. The zero-order valence-corrected chi connectivity index (χ0v) is 32.6. The van der Waals surface area contributed by atoms with Gasteiger partial charge in [-0.15, -0.1) is 0 Å². The fraction of sp³-hybridized carbons (Fsp3) is 0.326. The molecule has 12 nitrogen and oxygen atoms in total. The lowest BCUT2D eigenvalue weighted by Crippen LogP contribution is -2.16. The molecule has 0 atom stereocenters. The Morgan fingerprint density at radius 1 is 0.397 bits per heavy atom. The molecular weight excluding hydrogens is 744 g/mol. The standard InChI is InChI=1S/C46H50O12/c47-46(58-35-38-29-40(56-33-36-9-3-1-4-10-36)32-41(30-38)57-34-37-11-5-2-6-12-37)39-15-16-44-45(31-39)55-28-24-51-20-19-49-22-26-53-43-14-8-7-13-42(43)52-25-21-48-17-18-50-23-27-54-44/h1-16,29-32H,17-28,33-35H2. The Morgan fingerprint density at radius 3 is 1.29 bits per heavy atom. The predicted molar refractivity (Wildman–Crippen MR) is 215 cm³/mol. The van der Waals surface area contributed by atoms with Crippen LogP contribution in [0.4, 0.5) is 0 Å². The van der Waals surface area contributed by atoms with Crippen molar-refractivity contribution >= 4 is 5.97 Å². The summed E-state index contributed by atoms with van der Waals surface area (Å²) >= 11 is 0. The van der Waals surface area contributed by atoms with E-state index in [-0.39, 0.29) is 19.8 Å². The molecule has 6 rings (SSSR count). The highest BCUT2D eigenvalue weighted by atomic mass is 16.6. The Balaban J connectivity index is 1.05. The van der Waals surface area contributed by atoms with Gasteiger partial charge in [0.2, 0.25) is 0 Å². The number of carbonyl (C=O) groups is 1. The number of para-hydroxylation sites is 2. The van der Waals surface area contributed by atoms with Crippen molar-refractivity contribution in [2.24, 2.45) is 0 Å². The molecule has 0 amide bonds. The molecule has 5 aromatic carbocycles. The molecular formula is C46H50O12. The Labute approximate surface area is 339 Å². The first-order valence-corrected chi connectivity index (χ1v) is 19.4. The Kier molecular flexibility index (Phi) is 17.4. The molecule has 0 N–H and O–H groups in total. The summed E-state index contributed by atoms with van der Waals surface area (Å²) < 4.78 is 64.5. The van der Waals surface area contributed by atoms with Gasteiger partial charge in [0.1, 0.15) is 57.7 Å². The first-order chi connectivity index (χ1) is 28.7. The molecule has 0 unspecified atom stereocenters. The summed E-state index contributed by atoms with van der Waals surface area (Å²) in [6, 6.07) is 37.7. The normalized spacial score (nSPS) is 15.0. The van der Waals surface area contributed by atoms with Crippen LogP contribution >= 0.6 is 0 Å². The number of rotatable bonds is 9. The summed E-state index contributed by atoms with van der Waals surface area (Å²) in [6.45, 7) is 4.87. The number of carbonyl (C=O) groups excluding carboxylic acids is 1. The van der Waals surface area contributed by atoms with Gasteiger partial charge in [-0.3, -0.25) is 0 Å². The number of hydrogen-bond donors (Lipinski definition) is 0. The fourth-order valence-corrected chi connectivity index (χ4v) is 5.64. The number of fused-ring (bicyclic) bond motifs is 2. The lowest BCUT2D eigenvalue weighted by molar-refractivity contribution is 0.0223. The third kappa shape index (κ3) is 14.6. The molecule has 0 spiro atoms. The van der Waals surface area contributed by atoms with Crippen LogP contribution in [0.1, 0.15) is 27.0 Å². The van der Waals surface area contributed by atoms with Gasteiger partial charge in [-0.05, 0) is 59.2 Å². The third-order valence-electron chi connectivity index (χ3n) is 8.52. The molecule has 1 aliphatic rings. The highest BCUT2D eigenvalue weighted by molar-refractivity contribution is 5.90. The second kappa shape index (κ2) is 24.1. The summed E-state index contributed by atoms with van der Waals surface area (Å²) in [4.78, 5) is 13.4. The maximum atomic E-state index is 13.4. The van der Waals surface area contributed by atoms with Crippen LogP contribution in [0.3, 0.4) is 0 Å². The largest absolute Gasteiger partial charge is 0.489 e. The topological polar surface area (TPSA) is 119 Å². The first kappa shape index (κ1) is 41.8. The van der Waals surface area contributed by atoms with Crippen molar-refractivity contribution in [2.75, 3.05) is 79.3 Å². The number of esters is 1. The second-order valence-electron chi connectivity index (χ2n) is 12.9. The quantitative estimate of drug-likeness (QED) is 0.138. The molecule has 1 heterocycles. The van der Waals surface area contributed by atoms with Gasteiger partial charge in [0.25, 0.3) is 0 Å². The first-order valence-electron chi connectivity index (χ1n) is 19.4. The van der Waals surface area contributed by atoms with E-state index in [9.17, 15) is 4.79 Å². The maximum absolute atomic E-state index is 13.4. The van der Waals surface area contributed by atoms with Gasteiger partial charge in [0, 0.05) is 6.07 Å². The van der Waals surface area contributed by atoms with Gasteiger partial charge < -0.3 is 52.1 Å². The second-order valence-corrected chi connectivity index (χ2v) is 12.9. The van der Waals surface area contributed by atoms with Gasteiger partial charge in [0.15, 0.2) is 23.0 Å². The monoisotopic (exact) mass is 794 g/mol. The van der Waals surface area contributed by atoms with Crippen molar-refractivity contribution in [1.29, 1.82) is 0 Å². The molecule has 5 aromatic rings. The van der Waals surface area contributed by atoms with Crippen LogP contribution in [0, 0.1) is 0 Å². The number of benzene rings is 5. The Hall–Kier alpha value is -5.79. The van der Waals surface area contributed by atoms with Crippen molar-refractivity contribution < 1.29 is 56.9 Å². The SMILES string of the molecule is O=C(OCc1cc(OCc2ccccc2)cc(OCc2ccccc2)c1)c1ccc2c(c1)OCCOCCOCCOc1ccccc1OCCOCCOCCO2. The highest BCUT2D eigenvalue weighted by Gasteiger charge is 2.15. The van der Waals surface area contributed by atoms with Crippen LogP contribution in [-0.2, 0) is 43.5 Å². The zero-order valence-electron chi connectivity index (χ0n) is 32.6. The van der Waals surface area contributed by atoms with E-state index < -0.39 is 5.97 Å². The van der Waals surface area contributed by atoms with E-state index in [2.05, 4.69) is 0 Å². The molecule has 1 aliphatic heterocycles. The van der Waals surface area contributed by atoms with E-state index >= 15 is 0 Å². The van der Waals surface area contributed by atoms with Crippen LogP contribution in [0.2, 0.25) is 0 Å². The molecule has 0 fully saturated rings. The zero-order chi connectivity index (χ0) is 39.9.